The lowest BCUT2D eigenvalue weighted by Gasteiger charge is -2.34. The molecule has 0 N–H and O–H groups in total. The first-order valence-corrected chi connectivity index (χ1v) is 8.19. The lowest BCUT2D eigenvalue weighted by atomic mass is 9.85. The van der Waals surface area contributed by atoms with Crippen molar-refractivity contribution in [1.29, 1.82) is 0 Å². The van der Waals surface area contributed by atoms with Gasteiger partial charge in [-0.15, -0.1) is 0 Å². The van der Waals surface area contributed by atoms with E-state index in [0.717, 1.165) is 25.7 Å². The van der Waals surface area contributed by atoms with Crippen LogP contribution in [-0.4, -0.2) is 42.7 Å². The van der Waals surface area contributed by atoms with Gasteiger partial charge in [0.25, 0.3) is 0 Å². The third-order valence-corrected chi connectivity index (χ3v) is 4.32. The Hall–Kier alpha value is -1.66. The van der Waals surface area contributed by atoms with Gasteiger partial charge in [0.15, 0.2) is 5.79 Å². The van der Waals surface area contributed by atoms with E-state index < -0.39 is 5.79 Å². The van der Waals surface area contributed by atoms with E-state index in [9.17, 15) is 4.79 Å². The summed E-state index contributed by atoms with van der Waals surface area (Å²) in [7, 11) is 0. The Morgan fingerprint density at radius 1 is 1.35 bits per heavy atom. The van der Waals surface area contributed by atoms with Crippen molar-refractivity contribution in [2.24, 2.45) is 5.92 Å². The average molecular weight is 321 g/mol. The van der Waals surface area contributed by atoms with Crippen LogP contribution in [0.1, 0.15) is 32.6 Å². The predicted octanol–water partition coefficient (Wildman–Crippen LogP) is 2.33. The molecule has 23 heavy (non-hydrogen) atoms. The van der Waals surface area contributed by atoms with Gasteiger partial charge < -0.3 is 18.9 Å². The third kappa shape index (κ3) is 4.20. The third-order valence-electron chi connectivity index (χ3n) is 4.32. The lowest BCUT2D eigenvalue weighted by molar-refractivity contribution is -0.189. The molecule has 1 spiro atoms. The molecule has 1 saturated heterocycles. The van der Waals surface area contributed by atoms with Gasteiger partial charge in [-0.25, -0.2) is 4.98 Å². The van der Waals surface area contributed by atoms with Crippen LogP contribution in [0.25, 0.3) is 0 Å². The zero-order valence-corrected chi connectivity index (χ0v) is 13.4. The zero-order chi connectivity index (χ0) is 16.1. The summed E-state index contributed by atoms with van der Waals surface area (Å²) in [4.78, 5) is 16.3. The fraction of sp³-hybridized carbons (Fsp3) is 0.647. The maximum Gasteiger partial charge on any atom is 0.309 e. The molecule has 2 aliphatic rings. The van der Waals surface area contributed by atoms with Crippen molar-refractivity contribution in [2.45, 2.75) is 44.5 Å². The molecule has 6 nitrogen and oxygen atoms in total. The summed E-state index contributed by atoms with van der Waals surface area (Å²) in [5, 5.41) is 0. The summed E-state index contributed by atoms with van der Waals surface area (Å²) in [6.07, 6.45) is 4.35. The van der Waals surface area contributed by atoms with E-state index in [-0.39, 0.29) is 18.0 Å². The number of rotatable bonds is 5. The summed E-state index contributed by atoms with van der Waals surface area (Å²) in [5.41, 5.74) is 0. The molecule has 0 radical (unpaired) electrons. The molecular weight excluding hydrogens is 298 g/mol. The molecule has 0 aromatic carbocycles. The van der Waals surface area contributed by atoms with Gasteiger partial charge in [0.2, 0.25) is 5.88 Å². The van der Waals surface area contributed by atoms with Crippen molar-refractivity contribution in [2.75, 3.05) is 19.8 Å². The van der Waals surface area contributed by atoms with Crippen molar-refractivity contribution >= 4 is 5.97 Å². The molecule has 1 aliphatic heterocycles. The fourth-order valence-electron chi connectivity index (χ4n) is 3.04. The van der Waals surface area contributed by atoms with E-state index in [4.69, 9.17) is 18.9 Å². The number of esters is 1. The topological polar surface area (TPSA) is 66.9 Å². The van der Waals surface area contributed by atoms with E-state index in [1.165, 1.54) is 0 Å². The van der Waals surface area contributed by atoms with Crippen molar-refractivity contribution in [3.63, 3.8) is 0 Å². The molecule has 1 aromatic heterocycles. The number of nitrogens with zero attached hydrogens (tertiary/aromatic N) is 1. The summed E-state index contributed by atoms with van der Waals surface area (Å²) in [6.45, 7) is 3.42. The van der Waals surface area contributed by atoms with E-state index in [0.29, 0.717) is 25.7 Å². The van der Waals surface area contributed by atoms with Crippen LogP contribution in [0, 0.1) is 5.92 Å². The highest BCUT2D eigenvalue weighted by atomic mass is 16.7. The average Bonchev–Trinajstić information content (AvgIpc) is 3.02. The van der Waals surface area contributed by atoms with E-state index >= 15 is 0 Å². The van der Waals surface area contributed by atoms with Crippen LogP contribution in [0.2, 0.25) is 0 Å². The first-order chi connectivity index (χ1) is 11.2. The second-order valence-electron chi connectivity index (χ2n) is 6.11. The number of hydrogen-bond donors (Lipinski definition) is 0. The predicted molar refractivity (Wildman–Crippen MR) is 81.9 cm³/mol. The molecule has 1 aliphatic carbocycles. The van der Waals surface area contributed by atoms with Crippen LogP contribution in [0.5, 0.6) is 5.88 Å². The Balaban J connectivity index is 1.40. The van der Waals surface area contributed by atoms with E-state index in [2.05, 4.69) is 4.98 Å². The van der Waals surface area contributed by atoms with Crippen molar-refractivity contribution in [3.05, 3.63) is 24.4 Å². The van der Waals surface area contributed by atoms with Crippen LogP contribution in [-0.2, 0) is 19.0 Å². The first-order valence-electron chi connectivity index (χ1n) is 8.19. The van der Waals surface area contributed by atoms with Crippen molar-refractivity contribution in [1.82, 2.24) is 4.98 Å². The van der Waals surface area contributed by atoms with Crippen LogP contribution in [0.4, 0.5) is 0 Å². The molecule has 6 heteroatoms. The number of ether oxygens (including phenoxy) is 4. The molecular formula is C17H23NO5. The van der Waals surface area contributed by atoms with Crippen LogP contribution >= 0.6 is 0 Å². The normalized spacial score (nSPS) is 22.0. The minimum absolute atomic E-state index is 0.0780. The Kier molecular flexibility index (Phi) is 5.13. The van der Waals surface area contributed by atoms with Gasteiger partial charge in [0.1, 0.15) is 12.7 Å². The van der Waals surface area contributed by atoms with Gasteiger partial charge in [-0.05, 0) is 25.8 Å². The van der Waals surface area contributed by atoms with Crippen LogP contribution in [0.3, 0.4) is 0 Å². The number of aromatic nitrogens is 1. The molecule has 1 aromatic rings. The minimum Gasteiger partial charge on any atom is -0.474 e. The largest absolute Gasteiger partial charge is 0.474 e. The SMILES string of the molecule is CC(COc1ccccn1)OC(=O)C1CCC2(CC1)OCCO2. The van der Waals surface area contributed by atoms with Crippen LogP contribution in [0.15, 0.2) is 24.4 Å². The van der Waals surface area contributed by atoms with Crippen LogP contribution < -0.4 is 4.74 Å². The molecule has 1 atom stereocenters. The van der Waals surface area contributed by atoms with E-state index in [1.807, 2.05) is 19.1 Å². The first kappa shape index (κ1) is 16.2. The highest BCUT2D eigenvalue weighted by Gasteiger charge is 2.42. The summed E-state index contributed by atoms with van der Waals surface area (Å²) < 4.78 is 22.3. The maximum atomic E-state index is 12.2. The number of pyridine rings is 1. The monoisotopic (exact) mass is 321 g/mol. The number of hydrogen-bond acceptors (Lipinski definition) is 6. The van der Waals surface area contributed by atoms with Gasteiger partial charge in [-0.1, -0.05) is 6.07 Å². The second-order valence-corrected chi connectivity index (χ2v) is 6.11. The Labute approximate surface area is 136 Å². The molecule has 1 unspecified atom stereocenters. The molecule has 0 amide bonds. The molecule has 2 fully saturated rings. The Morgan fingerprint density at radius 3 is 2.74 bits per heavy atom. The van der Waals surface area contributed by atoms with E-state index in [1.54, 1.807) is 12.3 Å². The summed E-state index contributed by atoms with van der Waals surface area (Å²) in [6, 6.07) is 5.45. The maximum absolute atomic E-state index is 12.2. The highest BCUT2D eigenvalue weighted by Crippen LogP contribution is 2.38. The smallest absolute Gasteiger partial charge is 0.309 e. The number of carbonyl (C=O) groups excluding carboxylic acids is 1. The van der Waals surface area contributed by atoms with Gasteiger partial charge >= 0.3 is 5.97 Å². The summed E-state index contributed by atoms with van der Waals surface area (Å²) >= 11 is 0. The molecule has 3 rings (SSSR count). The fourth-order valence-corrected chi connectivity index (χ4v) is 3.04. The number of carbonyl (C=O) groups is 1. The van der Waals surface area contributed by atoms with Gasteiger partial charge in [0.05, 0.1) is 19.1 Å². The van der Waals surface area contributed by atoms with Gasteiger partial charge in [-0.2, -0.15) is 0 Å². The minimum atomic E-state index is -0.440. The summed E-state index contributed by atoms with van der Waals surface area (Å²) in [5.74, 6) is -0.143. The standard InChI is InChI=1S/C17H23NO5/c1-13(12-20-15-4-2-3-9-18-15)23-16(19)14-5-7-17(8-6-14)21-10-11-22-17/h2-4,9,13-14H,5-8,10-12H2,1H3. The Morgan fingerprint density at radius 2 is 2.09 bits per heavy atom. The highest BCUT2D eigenvalue weighted by molar-refractivity contribution is 5.72. The van der Waals surface area contributed by atoms with Crippen molar-refractivity contribution in [3.8, 4) is 5.88 Å². The van der Waals surface area contributed by atoms with Gasteiger partial charge in [0, 0.05) is 25.1 Å². The molecule has 2 heterocycles. The van der Waals surface area contributed by atoms with Crippen molar-refractivity contribution < 1.29 is 23.7 Å². The quantitative estimate of drug-likeness (QED) is 0.776. The second kappa shape index (κ2) is 7.27. The molecule has 126 valence electrons. The molecule has 0 bridgehead atoms. The van der Waals surface area contributed by atoms with Gasteiger partial charge in [-0.3, -0.25) is 4.79 Å². The molecule has 1 saturated carbocycles. The zero-order valence-electron chi connectivity index (χ0n) is 13.4. The Bertz CT molecular complexity index is 505. The lowest BCUT2D eigenvalue weighted by Crippen LogP contribution is -2.38.